The zero-order valence-corrected chi connectivity index (χ0v) is 12.9. The largest absolute Gasteiger partial charge is 0.388 e. The molecule has 1 saturated heterocycles. The van der Waals surface area contributed by atoms with Crippen molar-refractivity contribution in [1.82, 2.24) is 0 Å². The molecule has 21 heavy (non-hydrogen) atoms. The van der Waals surface area contributed by atoms with Crippen molar-refractivity contribution >= 4 is 0 Å². The zero-order chi connectivity index (χ0) is 14.7. The maximum Gasteiger partial charge on any atom is 0.0820 e. The van der Waals surface area contributed by atoms with Gasteiger partial charge in [0.2, 0.25) is 0 Å². The molecule has 116 valence electrons. The minimum absolute atomic E-state index is 0.0635. The van der Waals surface area contributed by atoms with Crippen LogP contribution in [0.2, 0.25) is 0 Å². The van der Waals surface area contributed by atoms with Gasteiger partial charge in [0.1, 0.15) is 0 Å². The van der Waals surface area contributed by atoms with Crippen molar-refractivity contribution in [3.63, 3.8) is 0 Å². The summed E-state index contributed by atoms with van der Waals surface area (Å²) in [4.78, 5) is 0. The van der Waals surface area contributed by atoms with Crippen molar-refractivity contribution in [3.05, 3.63) is 35.4 Å². The number of benzene rings is 1. The third-order valence-electron chi connectivity index (χ3n) is 5.10. The van der Waals surface area contributed by atoms with Crippen LogP contribution < -0.4 is 0 Å². The first-order valence-corrected chi connectivity index (χ1v) is 8.12. The fourth-order valence-corrected chi connectivity index (χ4v) is 4.01. The van der Waals surface area contributed by atoms with Crippen LogP contribution >= 0.6 is 0 Å². The number of aliphatic hydroxyl groups excluding tert-OH is 1. The van der Waals surface area contributed by atoms with E-state index < -0.39 is 0 Å². The van der Waals surface area contributed by atoms with Gasteiger partial charge < -0.3 is 14.6 Å². The molecule has 1 aromatic carbocycles. The fourth-order valence-electron chi connectivity index (χ4n) is 4.01. The van der Waals surface area contributed by atoms with E-state index in [9.17, 15) is 5.11 Å². The second kappa shape index (κ2) is 6.47. The average Bonchev–Trinajstić information content (AvgIpc) is 2.95. The van der Waals surface area contributed by atoms with E-state index in [1.54, 1.807) is 7.11 Å². The topological polar surface area (TPSA) is 38.7 Å². The van der Waals surface area contributed by atoms with Gasteiger partial charge in [-0.2, -0.15) is 0 Å². The molecule has 2 unspecified atom stereocenters. The Labute approximate surface area is 127 Å². The summed E-state index contributed by atoms with van der Waals surface area (Å²) in [5, 5.41) is 10.8. The lowest BCUT2D eigenvalue weighted by Gasteiger charge is -2.40. The second-order valence-electron chi connectivity index (χ2n) is 6.61. The molecular weight excluding hydrogens is 264 g/mol. The van der Waals surface area contributed by atoms with Gasteiger partial charge in [-0.05, 0) is 42.7 Å². The molecule has 1 aromatic rings. The minimum Gasteiger partial charge on any atom is -0.388 e. The Morgan fingerprint density at radius 2 is 2.19 bits per heavy atom. The highest BCUT2D eigenvalue weighted by atomic mass is 16.5. The maximum absolute atomic E-state index is 10.8. The molecule has 3 rings (SSSR count). The van der Waals surface area contributed by atoms with E-state index in [1.165, 1.54) is 25.7 Å². The average molecular weight is 290 g/mol. The van der Waals surface area contributed by atoms with Gasteiger partial charge >= 0.3 is 0 Å². The summed E-state index contributed by atoms with van der Waals surface area (Å²) in [5.74, 6) is 0.314. The number of hydrogen-bond donors (Lipinski definition) is 1. The van der Waals surface area contributed by atoms with E-state index in [0.29, 0.717) is 12.5 Å². The van der Waals surface area contributed by atoms with Crippen LogP contribution in [-0.2, 0) is 16.1 Å². The van der Waals surface area contributed by atoms with Gasteiger partial charge in [-0.3, -0.25) is 0 Å². The molecule has 2 aliphatic rings. The van der Waals surface area contributed by atoms with Crippen LogP contribution in [0.25, 0.3) is 0 Å². The predicted molar refractivity (Wildman–Crippen MR) is 82.0 cm³/mol. The Hall–Kier alpha value is -0.900. The Morgan fingerprint density at radius 3 is 2.95 bits per heavy atom. The molecule has 0 amide bonds. The van der Waals surface area contributed by atoms with Crippen molar-refractivity contribution in [1.29, 1.82) is 0 Å². The lowest BCUT2D eigenvalue weighted by molar-refractivity contribution is -0.113. The molecule has 1 saturated carbocycles. The standard InChI is InChI=1S/C18H26O3/c1-20-13-14-5-4-6-15(11-14)17(19)16-7-10-21-18(12-16)8-2-3-9-18/h4-6,11,16-17,19H,2-3,7-10,12-13H2,1H3. The van der Waals surface area contributed by atoms with Gasteiger partial charge in [0, 0.05) is 13.7 Å². The number of methoxy groups -OCH3 is 1. The van der Waals surface area contributed by atoms with E-state index in [2.05, 4.69) is 6.07 Å². The normalized spacial score (nSPS) is 26.1. The monoisotopic (exact) mass is 290 g/mol. The molecule has 3 nitrogen and oxygen atoms in total. The Kier molecular flexibility index (Phi) is 4.63. The summed E-state index contributed by atoms with van der Waals surface area (Å²) < 4.78 is 11.3. The van der Waals surface area contributed by atoms with E-state index in [-0.39, 0.29) is 11.7 Å². The van der Waals surface area contributed by atoms with Crippen molar-refractivity contribution < 1.29 is 14.6 Å². The molecule has 0 aromatic heterocycles. The van der Waals surface area contributed by atoms with E-state index in [4.69, 9.17) is 9.47 Å². The van der Waals surface area contributed by atoms with Gasteiger partial charge in [0.15, 0.2) is 0 Å². The number of hydrogen-bond acceptors (Lipinski definition) is 3. The van der Waals surface area contributed by atoms with Crippen LogP contribution in [-0.4, -0.2) is 24.4 Å². The minimum atomic E-state index is -0.386. The first-order valence-electron chi connectivity index (χ1n) is 8.12. The highest BCUT2D eigenvalue weighted by Gasteiger charge is 2.41. The zero-order valence-electron chi connectivity index (χ0n) is 12.9. The summed E-state index contributed by atoms with van der Waals surface area (Å²) >= 11 is 0. The summed E-state index contributed by atoms with van der Waals surface area (Å²) in [6, 6.07) is 8.16. The van der Waals surface area contributed by atoms with E-state index in [1.807, 2.05) is 18.2 Å². The summed E-state index contributed by atoms with van der Waals surface area (Å²) in [7, 11) is 1.70. The van der Waals surface area contributed by atoms with Gasteiger partial charge in [0.05, 0.1) is 18.3 Å². The molecule has 1 spiro atoms. The molecule has 0 radical (unpaired) electrons. The molecule has 2 atom stereocenters. The number of rotatable bonds is 4. The molecule has 1 aliphatic heterocycles. The third kappa shape index (κ3) is 3.31. The predicted octanol–water partition coefficient (Wildman–Crippen LogP) is 3.61. The molecule has 3 heteroatoms. The van der Waals surface area contributed by atoms with Crippen molar-refractivity contribution in [2.24, 2.45) is 5.92 Å². The van der Waals surface area contributed by atoms with Gasteiger partial charge in [-0.15, -0.1) is 0 Å². The van der Waals surface area contributed by atoms with Crippen molar-refractivity contribution in [3.8, 4) is 0 Å². The molecule has 2 fully saturated rings. The van der Waals surface area contributed by atoms with Crippen molar-refractivity contribution in [2.75, 3.05) is 13.7 Å². The van der Waals surface area contributed by atoms with Crippen molar-refractivity contribution in [2.45, 2.75) is 56.8 Å². The number of aliphatic hydroxyl groups is 1. The summed E-state index contributed by atoms with van der Waals surface area (Å²) in [5.41, 5.74) is 2.20. The maximum atomic E-state index is 10.8. The lowest BCUT2D eigenvalue weighted by atomic mass is 9.79. The molecule has 0 bridgehead atoms. The molecule has 1 heterocycles. The summed E-state index contributed by atoms with van der Waals surface area (Å²) in [6.07, 6.45) is 6.45. The first kappa shape index (κ1) is 15.0. The third-order valence-corrected chi connectivity index (χ3v) is 5.10. The van der Waals surface area contributed by atoms with Gasteiger partial charge in [0.25, 0.3) is 0 Å². The molecular formula is C18H26O3. The second-order valence-corrected chi connectivity index (χ2v) is 6.61. The van der Waals surface area contributed by atoms with Gasteiger partial charge in [-0.25, -0.2) is 0 Å². The van der Waals surface area contributed by atoms with Crippen LogP contribution in [0.3, 0.4) is 0 Å². The van der Waals surface area contributed by atoms with Crippen LogP contribution in [0.1, 0.15) is 55.8 Å². The quantitative estimate of drug-likeness (QED) is 0.920. The van der Waals surface area contributed by atoms with Crippen LogP contribution in [0.4, 0.5) is 0 Å². The SMILES string of the molecule is COCc1cccc(C(O)C2CCOC3(CCCC3)C2)c1. The first-order chi connectivity index (χ1) is 10.2. The highest BCUT2D eigenvalue weighted by molar-refractivity contribution is 5.25. The Balaban J connectivity index is 1.72. The molecule has 1 aliphatic carbocycles. The van der Waals surface area contributed by atoms with Crippen LogP contribution in [0, 0.1) is 5.92 Å². The van der Waals surface area contributed by atoms with E-state index >= 15 is 0 Å². The van der Waals surface area contributed by atoms with Crippen LogP contribution in [0.5, 0.6) is 0 Å². The molecule has 1 N–H and O–H groups in total. The Morgan fingerprint density at radius 1 is 1.38 bits per heavy atom. The lowest BCUT2D eigenvalue weighted by Crippen LogP contribution is -2.39. The fraction of sp³-hybridized carbons (Fsp3) is 0.667. The smallest absolute Gasteiger partial charge is 0.0820 e. The van der Waals surface area contributed by atoms with Gasteiger partial charge in [-0.1, -0.05) is 37.1 Å². The van der Waals surface area contributed by atoms with E-state index in [0.717, 1.165) is 30.6 Å². The number of ether oxygens (including phenoxy) is 2. The van der Waals surface area contributed by atoms with Crippen LogP contribution in [0.15, 0.2) is 24.3 Å². The summed E-state index contributed by atoms with van der Waals surface area (Å²) in [6.45, 7) is 1.39. The highest BCUT2D eigenvalue weighted by Crippen LogP contribution is 2.45. The Bertz CT molecular complexity index is 465.